The van der Waals surface area contributed by atoms with Gasteiger partial charge in [-0.2, -0.15) is 18.2 Å². The maximum atomic E-state index is 12.7. The van der Waals surface area contributed by atoms with Gasteiger partial charge in [-0.3, -0.25) is 0 Å². The van der Waals surface area contributed by atoms with Crippen LogP contribution in [0.5, 0.6) is 5.88 Å². The standard InChI is InChI=1S/C14H10BrF3N4O/c1-6-9(7-2-4-8(15)5-3-7)20-10-11(19)21-13(14(16,17)18)22-12(10)23-6/h2-6H,1H3,(H2,19,21,22). The molecule has 5 nitrogen and oxygen atoms in total. The Kier molecular flexibility index (Phi) is 3.75. The van der Waals surface area contributed by atoms with Crippen molar-refractivity contribution in [1.82, 2.24) is 9.97 Å². The van der Waals surface area contributed by atoms with E-state index >= 15 is 0 Å². The van der Waals surface area contributed by atoms with Crippen LogP contribution in [0.2, 0.25) is 0 Å². The summed E-state index contributed by atoms with van der Waals surface area (Å²) >= 11 is 3.33. The molecule has 1 aromatic carbocycles. The van der Waals surface area contributed by atoms with E-state index in [0.717, 1.165) is 10.0 Å². The maximum absolute atomic E-state index is 12.7. The predicted molar refractivity (Wildman–Crippen MR) is 81.9 cm³/mol. The van der Waals surface area contributed by atoms with Gasteiger partial charge in [-0.15, -0.1) is 0 Å². The first-order chi connectivity index (χ1) is 10.8. The highest BCUT2D eigenvalue weighted by atomic mass is 79.9. The molecule has 0 saturated carbocycles. The Morgan fingerprint density at radius 2 is 1.83 bits per heavy atom. The van der Waals surface area contributed by atoms with Crippen LogP contribution < -0.4 is 10.5 Å². The van der Waals surface area contributed by atoms with E-state index in [2.05, 4.69) is 30.9 Å². The topological polar surface area (TPSA) is 73.4 Å². The van der Waals surface area contributed by atoms with E-state index in [1.807, 2.05) is 24.3 Å². The number of nitrogens with zero attached hydrogens (tertiary/aromatic N) is 3. The highest BCUT2D eigenvalue weighted by Gasteiger charge is 2.37. The quantitative estimate of drug-likeness (QED) is 0.809. The van der Waals surface area contributed by atoms with E-state index in [1.54, 1.807) is 6.92 Å². The fourth-order valence-electron chi connectivity index (χ4n) is 2.12. The van der Waals surface area contributed by atoms with Gasteiger partial charge in [0.2, 0.25) is 11.7 Å². The van der Waals surface area contributed by atoms with Crippen molar-refractivity contribution < 1.29 is 17.9 Å². The van der Waals surface area contributed by atoms with Gasteiger partial charge >= 0.3 is 6.18 Å². The molecule has 1 aliphatic rings. The molecule has 1 aliphatic heterocycles. The van der Waals surface area contributed by atoms with Crippen molar-refractivity contribution in [2.75, 3.05) is 5.73 Å². The SMILES string of the molecule is CC1Oc2nc(C(F)(F)F)nc(N)c2N=C1c1ccc(Br)cc1. The molecular weight excluding hydrogens is 377 g/mol. The van der Waals surface area contributed by atoms with Gasteiger partial charge in [-0.1, -0.05) is 28.1 Å². The first-order valence-corrected chi connectivity index (χ1v) is 7.31. The number of nitrogens with two attached hydrogens (primary N) is 1. The van der Waals surface area contributed by atoms with Gasteiger partial charge in [0.15, 0.2) is 11.5 Å². The zero-order valence-corrected chi connectivity index (χ0v) is 13.3. The molecule has 0 aliphatic carbocycles. The molecule has 1 unspecified atom stereocenters. The summed E-state index contributed by atoms with van der Waals surface area (Å²) in [5.74, 6) is -1.98. The van der Waals surface area contributed by atoms with Gasteiger partial charge in [0.1, 0.15) is 6.10 Å². The van der Waals surface area contributed by atoms with Gasteiger partial charge in [0, 0.05) is 4.47 Å². The third-order valence-corrected chi connectivity index (χ3v) is 3.71. The van der Waals surface area contributed by atoms with Crippen LogP contribution in [0.3, 0.4) is 0 Å². The molecule has 0 fully saturated rings. The molecule has 0 saturated heterocycles. The summed E-state index contributed by atoms with van der Waals surface area (Å²) in [6, 6.07) is 7.28. The molecular formula is C14H10BrF3N4O. The summed E-state index contributed by atoms with van der Waals surface area (Å²) in [5, 5.41) is 0. The molecule has 1 atom stereocenters. The van der Waals surface area contributed by atoms with Crippen molar-refractivity contribution in [2.45, 2.75) is 19.2 Å². The average Bonchev–Trinajstić information content (AvgIpc) is 2.46. The summed E-state index contributed by atoms with van der Waals surface area (Å²) in [5.41, 5.74) is 6.92. The molecule has 3 rings (SSSR count). The first-order valence-electron chi connectivity index (χ1n) is 6.51. The van der Waals surface area contributed by atoms with Crippen molar-refractivity contribution >= 4 is 33.1 Å². The van der Waals surface area contributed by atoms with Gasteiger partial charge < -0.3 is 10.5 Å². The number of rotatable bonds is 1. The van der Waals surface area contributed by atoms with E-state index in [0.29, 0.717) is 5.71 Å². The molecule has 0 spiro atoms. The number of aromatic nitrogens is 2. The fourth-order valence-corrected chi connectivity index (χ4v) is 2.38. The van der Waals surface area contributed by atoms with E-state index in [4.69, 9.17) is 10.5 Å². The normalized spacial score (nSPS) is 17.3. The Balaban J connectivity index is 2.10. The number of halogens is 4. The molecule has 23 heavy (non-hydrogen) atoms. The molecule has 9 heteroatoms. The minimum absolute atomic E-state index is 0.00835. The van der Waals surface area contributed by atoms with Crippen molar-refractivity contribution in [3.63, 3.8) is 0 Å². The minimum Gasteiger partial charge on any atom is -0.466 e. The van der Waals surface area contributed by atoms with Crippen LogP contribution in [-0.4, -0.2) is 21.8 Å². The molecule has 120 valence electrons. The lowest BCUT2D eigenvalue weighted by molar-refractivity contribution is -0.145. The van der Waals surface area contributed by atoms with Crippen molar-refractivity contribution in [3.05, 3.63) is 40.1 Å². The van der Waals surface area contributed by atoms with Crippen LogP contribution in [0.1, 0.15) is 18.3 Å². The van der Waals surface area contributed by atoms with Gasteiger partial charge in [0.25, 0.3) is 0 Å². The smallest absolute Gasteiger partial charge is 0.451 e. The molecule has 2 aromatic rings. The van der Waals surface area contributed by atoms with Crippen LogP contribution in [0.25, 0.3) is 0 Å². The van der Waals surface area contributed by atoms with Crippen molar-refractivity contribution in [1.29, 1.82) is 0 Å². The summed E-state index contributed by atoms with van der Waals surface area (Å²) < 4.78 is 44.6. The number of benzene rings is 1. The van der Waals surface area contributed by atoms with Crippen molar-refractivity contribution in [3.8, 4) is 5.88 Å². The number of hydrogen-bond donors (Lipinski definition) is 1. The number of aliphatic imine (C=N–C) groups is 1. The summed E-state index contributed by atoms with van der Waals surface area (Å²) in [6.07, 6.45) is -5.27. The minimum atomic E-state index is -4.70. The maximum Gasteiger partial charge on any atom is 0.451 e. The molecule has 2 heterocycles. The molecule has 2 N–H and O–H groups in total. The van der Waals surface area contributed by atoms with Gasteiger partial charge in [0.05, 0.1) is 5.71 Å². The van der Waals surface area contributed by atoms with E-state index < -0.39 is 18.1 Å². The third-order valence-electron chi connectivity index (χ3n) is 3.18. The van der Waals surface area contributed by atoms with Gasteiger partial charge in [-0.05, 0) is 24.6 Å². The number of anilines is 1. The second kappa shape index (κ2) is 5.48. The fraction of sp³-hybridized carbons (Fsp3) is 0.214. The Labute approximate surface area is 137 Å². The number of fused-ring (bicyclic) bond motifs is 1. The van der Waals surface area contributed by atoms with Gasteiger partial charge in [-0.25, -0.2) is 9.98 Å². The second-order valence-corrected chi connectivity index (χ2v) is 5.76. The Hall–Kier alpha value is -2.16. The Morgan fingerprint density at radius 3 is 2.43 bits per heavy atom. The molecule has 1 aromatic heterocycles. The number of hydrogen-bond acceptors (Lipinski definition) is 5. The molecule has 0 bridgehead atoms. The van der Waals surface area contributed by atoms with E-state index in [9.17, 15) is 13.2 Å². The third kappa shape index (κ3) is 3.00. The molecule has 0 radical (unpaired) electrons. The van der Waals surface area contributed by atoms with Crippen molar-refractivity contribution in [2.24, 2.45) is 4.99 Å². The second-order valence-electron chi connectivity index (χ2n) is 4.85. The van der Waals surface area contributed by atoms with Crippen LogP contribution in [0, 0.1) is 0 Å². The van der Waals surface area contributed by atoms with Crippen LogP contribution in [0.15, 0.2) is 33.7 Å². The molecule has 0 amide bonds. The first kappa shape index (κ1) is 15.7. The lowest BCUT2D eigenvalue weighted by Gasteiger charge is -2.23. The van der Waals surface area contributed by atoms with E-state index in [-0.39, 0.29) is 17.4 Å². The summed E-state index contributed by atoms with van der Waals surface area (Å²) in [6.45, 7) is 1.68. The monoisotopic (exact) mass is 386 g/mol. The van der Waals surface area contributed by atoms with E-state index in [1.165, 1.54) is 0 Å². The predicted octanol–water partition coefficient (Wildman–Crippen LogP) is 3.74. The number of ether oxygens (including phenoxy) is 1. The number of nitrogen functional groups attached to an aromatic ring is 1. The Morgan fingerprint density at radius 1 is 1.17 bits per heavy atom. The lowest BCUT2D eigenvalue weighted by Crippen LogP contribution is -2.29. The lowest BCUT2D eigenvalue weighted by atomic mass is 10.1. The highest BCUT2D eigenvalue weighted by Crippen LogP contribution is 2.39. The summed E-state index contributed by atoms with van der Waals surface area (Å²) in [4.78, 5) is 11.0. The Bertz CT molecular complexity index is 790. The largest absolute Gasteiger partial charge is 0.466 e. The average molecular weight is 387 g/mol. The number of alkyl halides is 3. The summed E-state index contributed by atoms with van der Waals surface area (Å²) in [7, 11) is 0. The van der Waals surface area contributed by atoms with Crippen LogP contribution >= 0.6 is 15.9 Å². The van der Waals surface area contributed by atoms with Crippen LogP contribution in [-0.2, 0) is 6.18 Å². The zero-order valence-electron chi connectivity index (χ0n) is 11.7. The highest BCUT2D eigenvalue weighted by molar-refractivity contribution is 9.10. The van der Waals surface area contributed by atoms with Crippen LogP contribution in [0.4, 0.5) is 24.7 Å². The zero-order chi connectivity index (χ0) is 16.8.